The molecule has 0 radical (unpaired) electrons. The molecule has 1 fully saturated rings. The Bertz CT molecular complexity index is 974. The summed E-state index contributed by atoms with van der Waals surface area (Å²) in [5, 5.41) is 2.95. The highest BCUT2D eigenvalue weighted by Crippen LogP contribution is 2.28. The molecule has 0 aliphatic carbocycles. The van der Waals surface area contributed by atoms with Crippen molar-refractivity contribution in [3.05, 3.63) is 66.0 Å². The van der Waals surface area contributed by atoms with Crippen molar-refractivity contribution in [2.45, 2.75) is 44.4 Å². The fraction of sp³-hybridized carbons (Fsp3) is 0.400. The van der Waals surface area contributed by atoms with Crippen molar-refractivity contribution in [1.29, 1.82) is 0 Å². The minimum absolute atomic E-state index is 0.0207. The first kappa shape index (κ1) is 21.1. The lowest BCUT2D eigenvalue weighted by molar-refractivity contribution is -0.132. The molecule has 6 heteroatoms. The Morgan fingerprint density at radius 2 is 1.74 bits per heavy atom. The maximum Gasteiger partial charge on any atom is 0.222 e. The van der Waals surface area contributed by atoms with Crippen LogP contribution in [0.25, 0.3) is 11.0 Å². The maximum absolute atomic E-state index is 12.5. The number of fused-ring (bicyclic) bond motifs is 1. The van der Waals surface area contributed by atoms with E-state index in [2.05, 4.69) is 22.4 Å². The summed E-state index contributed by atoms with van der Waals surface area (Å²) in [5.74, 6) is 1.57. The summed E-state index contributed by atoms with van der Waals surface area (Å²) < 4.78 is 0. The SMILES string of the molecule is O=C(CCCC(=O)N1CCC(c2nc3ccccc3[nH]2)CC1)NCCc1ccccc1. The number of carbonyl (C=O) groups excluding carboxylic acids is 2. The molecule has 1 aromatic heterocycles. The number of carbonyl (C=O) groups is 2. The quantitative estimate of drug-likeness (QED) is 0.584. The molecular weight excluding hydrogens is 388 g/mol. The van der Waals surface area contributed by atoms with Crippen molar-refractivity contribution >= 4 is 22.8 Å². The van der Waals surface area contributed by atoms with E-state index in [9.17, 15) is 9.59 Å². The number of piperidine rings is 1. The van der Waals surface area contributed by atoms with Crippen molar-refractivity contribution in [2.24, 2.45) is 0 Å². The molecule has 2 N–H and O–H groups in total. The van der Waals surface area contributed by atoms with Crippen LogP contribution in [0.1, 0.15) is 49.4 Å². The number of nitrogens with zero attached hydrogens (tertiary/aromatic N) is 2. The summed E-state index contributed by atoms with van der Waals surface area (Å²) in [6.45, 7) is 2.14. The molecule has 2 amide bonds. The zero-order chi connectivity index (χ0) is 21.5. The first-order chi connectivity index (χ1) is 15.2. The summed E-state index contributed by atoms with van der Waals surface area (Å²) in [7, 11) is 0. The van der Waals surface area contributed by atoms with E-state index in [0.717, 1.165) is 49.2 Å². The normalized spacial score (nSPS) is 14.6. The molecule has 4 rings (SSSR count). The number of rotatable bonds is 8. The average molecular weight is 419 g/mol. The second-order valence-electron chi connectivity index (χ2n) is 8.23. The van der Waals surface area contributed by atoms with E-state index in [1.165, 1.54) is 5.56 Å². The monoisotopic (exact) mass is 418 g/mol. The number of hydrogen-bond donors (Lipinski definition) is 2. The van der Waals surface area contributed by atoms with Crippen LogP contribution in [0, 0.1) is 0 Å². The van der Waals surface area contributed by atoms with Gasteiger partial charge in [-0.3, -0.25) is 9.59 Å². The number of benzene rings is 2. The molecule has 162 valence electrons. The molecule has 0 atom stereocenters. The molecular formula is C25H30N4O2. The summed E-state index contributed by atoms with van der Waals surface area (Å²) >= 11 is 0. The van der Waals surface area contributed by atoms with Crippen LogP contribution < -0.4 is 5.32 Å². The molecule has 3 aromatic rings. The lowest BCUT2D eigenvalue weighted by Crippen LogP contribution is -2.38. The molecule has 1 aliphatic rings. The van der Waals surface area contributed by atoms with Gasteiger partial charge in [0.1, 0.15) is 5.82 Å². The third kappa shape index (κ3) is 5.72. The van der Waals surface area contributed by atoms with Crippen LogP contribution in [0.5, 0.6) is 0 Å². The lowest BCUT2D eigenvalue weighted by atomic mass is 9.96. The Kier molecular flexibility index (Phi) is 6.97. The number of imidazole rings is 1. The number of H-pyrrole nitrogens is 1. The standard InChI is InChI=1S/C25H30N4O2/c30-23(26-16-13-19-7-2-1-3-8-19)11-6-12-24(31)29-17-14-20(15-18-29)25-27-21-9-4-5-10-22(21)28-25/h1-5,7-10,20H,6,11-18H2,(H,26,30)(H,27,28). The molecule has 2 heterocycles. The Balaban J connectivity index is 1.13. The van der Waals surface area contributed by atoms with Crippen LogP contribution in [-0.2, 0) is 16.0 Å². The molecule has 1 aliphatic heterocycles. The average Bonchev–Trinajstić information content (AvgIpc) is 3.24. The van der Waals surface area contributed by atoms with Crippen molar-refractivity contribution in [3.8, 4) is 0 Å². The summed E-state index contributed by atoms with van der Waals surface area (Å²) in [6.07, 6.45) is 4.10. The lowest BCUT2D eigenvalue weighted by Gasteiger charge is -2.31. The molecule has 0 spiro atoms. The van der Waals surface area contributed by atoms with Crippen molar-refractivity contribution < 1.29 is 9.59 Å². The van der Waals surface area contributed by atoms with Crippen LogP contribution in [0.15, 0.2) is 54.6 Å². The highest BCUT2D eigenvalue weighted by Gasteiger charge is 2.25. The van der Waals surface area contributed by atoms with Crippen molar-refractivity contribution in [2.75, 3.05) is 19.6 Å². The van der Waals surface area contributed by atoms with E-state index >= 15 is 0 Å². The number of nitrogens with one attached hydrogen (secondary N) is 2. The van der Waals surface area contributed by atoms with Gasteiger partial charge in [-0.1, -0.05) is 42.5 Å². The van der Waals surface area contributed by atoms with Gasteiger partial charge in [0, 0.05) is 38.4 Å². The third-order valence-electron chi connectivity index (χ3n) is 6.02. The van der Waals surface area contributed by atoms with E-state index in [1.807, 2.05) is 47.4 Å². The van der Waals surface area contributed by atoms with Gasteiger partial charge in [-0.15, -0.1) is 0 Å². The fourth-order valence-corrected chi connectivity index (χ4v) is 4.21. The van der Waals surface area contributed by atoms with Crippen LogP contribution in [0.3, 0.4) is 0 Å². The van der Waals surface area contributed by atoms with Crippen LogP contribution >= 0.6 is 0 Å². The number of aromatic nitrogens is 2. The number of para-hydroxylation sites is 2. The van der Waals surface area contributed by atoms with Crippen molar-refractivity contribution in [3.63, 3.8) is 0 Å². The number of aromatic amines is 1. The second kappa shape index (κ2) is 10.2. The van der Waals surface area contributed by atoms with Crippen LogP contribution in [0.2, 0.25) is 0 Å². The molecule has 31 heavy (non-hydrogen) atoms. The van der Waals surface area contributed by atoms with Gasteiger partial charge in [-0.25, -0.2) is 4.98 Å². The molecule has 0 unspecified atom stereocenters. The highest BCUT2D eigenvalue weighted by molar-refractivity contribution is 5.79. The Morgan fingerprint density at radius 1 is 1.00 bits per heavy atom. The van der Waals surface area contributed by atoms with Gasteiger partial charge in [0.05, 0.1) is 11.0 Å². The summed E-state index contributed by atoms with van der Waals surface area (Å²) in [4.78, 5) is 34.6. The number of amides is 2. The third-order valence-corrected chi connectivity index (χ3v) is 6.02. The Labute approximate surface area is 183 Å². The van der Waals surface area contributed by atoms with Gasteiger partial charge in [0.15, 0.2) is 0 Å². The molecule has 0 saturated carbocycles. The first-order valence-electron chi connectivity index (χ1n) is 11.2. The summed E-state index contributed by atoms with van der Waals surface area (Å²) in [5.41, 5.74) is 3.28. The van der Waals surface area contributed by atoms with E-state index < -0.39 is 0 Å². The predicted molar refractivity (Wildman–Crippen MR) is 122 cm³/mol. The molecule has 1 saturated heterocycles. The number of hydrogen-bond acceptors (Lipinski definition) is 3. The Morgan fingerprint density at radius 3 is 2.52 bits per heavy atom. The minimum atomic E-state index is 0.0207. The van der Waals surface area contributed by atoms with Crippen molar-refractivity contribution in [1.82, 2.24) is 20.2 Å². The Hall–Kier alpha value is -3.15. The molecule has 2 aromatic carbocycles. The van der Waals surface area contributed by atoms with Gasteiger partial charge >= 0.3 is 0 Å². The number of likely N-dealkylation sites (tertiary alicyclic amines) is 1. The van der Waals surface area contributed by atoms with E-state index in [1.54, 1.807) is 0 Å². The first-order valence-corrected chi connectivity index (χ1v) is 11.2. The second-order valence-corrected chi connectivity index (χ2v) is 8.23. The highest BCUT2D eigenvalue weighted by atomic mass is 16.2. The predicted octanol–water partition coefficient (Wildman–Crippen LogP) is 3.80. The largest absolute Gasteiger partial charge is 0.356 e. The van der Waals surface area contributed by atoms with Gasteiger partial charge in [0.2, 0.25) is 11.8 Å². The fourth-order valence-electron chi connectivity index (χ4n) is 4.21. The minimum Gasteiger partial charge on any atom is -0.356 e. The maximum atomic E-state index is 12.5. The summed E-state index contributed by atoms with van der Waals surface area (Å²) in [6, 6.07) is 18.2. The van der Waals surface area contributed by atoms with Gasteiger partial charge in [-0.05, 0) is 43.4 Å². The van der Waals surface area contributed by atoms with E-state index in [4.69, 9.17) is 4.98 Å². The van der Waals surface area contributed by atoms with Gasteiger partial charge < -0.3 is 15.2 Å². The van der Waals surface area contributed by atoms with E-state index in [0.29, 0.717) is 31.7 Å². The molecule has 0 bridgehead atoms. The van der Waals surface area contributed by atoms with E-state index in [-0.39, 0.29) is 11.8 Å². The van der Waals surface area contributed by atoms with Gasteiger partial charge in [-0.2, -0.15) is 0 Å². The molecule has 6 nitrogen and oxygen atoms in total. The van der Waals surface area contributed by atoms with Crippen LogP contribution in [-0.4, -0.2) is 46.3 Å². The van der Waals surface area contributed by atoms with Gasteiger partial charge in [0.25, 0.3) is 0 Å². The van der Waals surface area contributed by atoms with Crippen LogP contribution in [0.4, 0.5) is 0 Å². The topological polar surface area (TPSA) is 78.1 Å². The smallest absolute Gasteiger partial charge is 0.222 e. The zero-order valence-electron chi connectivity index (χ0n) is 17.8. The zero-order valence-corrected chi connectivity index (χ0v) is 17.8.